The topological polar surface area (TPSA) is 107 Å². The van der Waals surface area contributed by atoms with Gasteiger partial charge in [0, 0.05) is 18.2 Å². The quantitative estimate of drug-likeness (QED) is 0.707. The van der Waals surface area contributed by atoms with Crippen molar-refractivity contribution in [2.75, 3.05) is 13.1 Å². The van der Waals surface area contributed by atoms with Crippen molar-refractivity contribution in [2.45, 2.75) is 18.5 Å². The fraction of sp³-hybridized carbons (Fsp3) is 0.357. The molecule has 0 radical (unpaired) electrons. The first kappa shape index (κ1) is 15.0. The summed E-state index contributed by atoms with van der Waals surface area (Å²) in [6.45, 7) is -0.0810. The highest BCUT2D eigenvalue weighted by molar-refractivity contribution is 5.97. The van der Waals surface area contributed by atoms with Crippen LogP contribution in [0.3, 0.4) is 0 Å². The Balaban J connectivity index is 2.11. The van der Waals surface area contributed by atoms with Gasteiger partial charge in [-0.1, -0.05) is 18.2 Å². The minimum absolute atomic E-state index is 0.179. The summed E-state index contributed by atoms with van der Waals surface area (Å²) in [5, 5.41) is 20.6. The first-order valence-corrected chi connectivity index (χ1v) is 6.53. The monoisotopic (exact) mass is 292 g/mol. The van der Waals surface area contributed by atoms with Gasteiger partial charge in [0.15, 0.2) is 0 Å². The number of carboxylic acid groups (broad SMARTS) is 2. The average molecular weight is 292 g/mol. The molecule has 112 valence electrons. The van der Waals surface area contributed by atoms with Gasteiger partial charge in [0.1, 0.15) is 6.04 Å². The first-order chi connectivity index (χ1) is 9.99. The Morgan fingerprint density at radius 3 is 2.43 bits per heavy atom. The van der Waals surface area contributed by atoms with Crippen LogP contribution in [0.25, 0.3) is 0 Å². The molecule has 0 spiro atoms. The highest BCUT2D eigenvalue weighted by Gasteiger charge is 2.39. The molecule has 7 heteroatoms. The Kier molecular flexibility index (Phi) is 4.54. The van der Waals surface area contributed by atoms with Crippen LogP contribution in [0.15, 0.2) is 30.3 Å². The third kappa shape index (κ3) is 3.57. The van der Waals surface area contributed by atoms with Crippen LogP contribution in [0.2, 0.25) is 0 Å². The van der Waals surface area contributed by atoms with Crippen molar-refractivity contribution in [3.8, 4) is 0 Å². The van der Waals surface area contributed by atoms with E-state index in [1.165, 1.54) is 4.90 Å². The van der Waals surface area contributed by atoms with Crippen molar-refractivity contribution in [1.29, 1.82) is 0 Å². The number of hydrogen-bond acceptors (Lipinski definition) is 4. The predicted molar refractivity (Wildman–Crippen MR) is 72.9 cm³/mol. The molecule has 0 aliphatic carbocycles. The molecule has 1 saturated heterocycles. The van der Waals surface area contributed by atoms with Crippen LogP contribution in [-0.4, -0.2) is 58.1 Å². The molecule has 1 heterocycles. The largest absolute Gasteiger partial charge is 0.480 e. The van der Waals surface area contributed by atoms with Crippen molar-refractivity contribution < 1.29 is 24.6 Å². The zero-order chi connectivity index (χ0) is 15.4. The molecule has 3 N–H and O–H groups in total. The van der Waals surface area contributed by atoms with Crippen LogP contribution >= 0.6 is 0 Å². The number of carbonyl (C=O) groups excluding carboxylic acids is 1. The second-order valence-corrected chi connectivity index (χ2v) is 4.88. The molecule has 21 heavy (non-hydrogen) atoms. The summed E-state index contributed by atoms with van der Waals surface area (Å²) in [7, 11) is 0. The summed E-state index contributed by atoms with van der Waals surface area (Å²) < 4.78 is 0. The Hall–Kier alpha value is -2.41. The molecule has 1 unspecified atom stereocenters. The maximum atomic E-state index is 12.4. The normalized spacial score (nSPS) is 21.2. The summed E-state index contributed by atoms with van der Waals surface area (Å²) in [5.74, 6) is -2.46. The number of benzene rings is 1. The lowest BCUT2D eigenvalue weighted by molar-refractivity contribution is -0.141. The molecular weight excluding hydrogens is 276 g/mol. The van der Waals surface area contributed by atoms with Crippen LogP contribution < -0.4 is 5.32 Å². The van der Waals surface area contributed by atoms with Gasteiger partial charge < -0.3 is 20.4 Å². The van der Waals surface area contributed by atoms with Crippen molar-refractivity contribution in [2.24, 2.45) is 0 Å². The molecule has 7 nitrogen and oxygen atoms in total. The van der Waals surface area contributed by atoms with Gasteiger partial charge in [-0.05, 0) is 18.6 Å². The van der Waals surface area contributed by atoms with Gasteiger partial charge in [-0.25, -0.2) is 4.79 Å². The summed E-state index contributed by atoms with van der Waals surface area (Å²) in [4.78, 5) is 35.5. The minimum atomic E-state index is -1.08. The van der Waals surface area contributed by atoms with E-state index in [9.17, 15) is 19.5 Å². The number of nitrogens with zero attached hydrogens (tertiary/aromatic N) is 1. The van der Waals surface area contributed by atoms with Crippen LogP contribution in [0, 0.1) is 0 Å². The number of rotatable bonds is 5. The van der Waals surface area contributed by atoms with E-state index in [0.29, 0.717) is 5.56 Å². The highest BCUT2D eigenvalue weighted by Crippen LogP contribution is 2.21. The fourth-order valence-electron chi connectivity index (χ4n) is 2.42. The average Bonchev–Trinajstić information content (AvgIpc) is 2.89. The second-order valence-electron chi connectivity index (χ2n) is 4.88. The number of carboxylic acids is 2. The molecule has 1 aromatic rings. The maximum absolute atomic E-state index is 12.4. The number of likely N-dealkylation sites (tertiary alicyclic amines) is 1. The van der Waals surface area contributed by atoms with E-state index in [1.807, 2.05) is 0 Å². The molecule has 1 amide bonds. The lowest BCUT2D eigenvalue weighted by atomic mass is 10.1. The summed E-state index contributed by atoms with van der Waals surface area (Å²) in [6, 6.07) is 7.16. The smallest absolute Gasteiger partial charge is 0.326 e. The van der Waals surface area contributed by atoms with Gasteiger partial charge in [-0.2, -0.15) is 0 Å². The zero-order valence-electron chi connectivity index (χ0n) is 11.2. The number of hydrogen-bond donors (Lipinski definition) is 3. The summed E-state index contributed by atoms with van der Waals surface area (Å²) >= 11 is 0. The second kappa shape index (κ2) is 6.36. The minimum Gasteiger partial charge on any atom is -0.480 e. The SMILES string of the molecule is O=C(O)CN[C@@H]1CC(C(=O)O)N(C(=O)c2ccccc2)C1. The van der Waals surface area contributed by atoms with Crippen LogP contribution in [0.1, 0.15) is 16.8 Å². The first-order valence-electron chi connectivity index (χ1n) is 6.53. The lowest BCUT2D eigenvalue weighted by Gasteiger charge is -2.21. The van der Waals surface area contributed by atoms with Crippen molar-refractivity contribution in [3.05, 3.63) is 35.9 Å². The van der Waals surface area contributed by atoms with Crippen molar-refractivity contribution in [3.63, 3.8) is 0 Å². The van der Waals surface area contributed by atoms with E-state index in [0.717, 1.165) is 0 Å². The van der Waals surface area contributed by atoms with E-state index >= 15 is 0 Å². The van der Waals surface area contributed by atoms with Gasteiger partial charge in [0.05, 0.1) is 6.54 Å². The number of carbonyl (C=O) groups is 3. The molecule has 0 bridgehead atoms. The number of amides is 1. The van der Waals surface area contributed by atoms with Crippen molar-refractivity contribution >= 4 is 17.8 Å². The van der Waals surface area contributed by atoms with Crippen molar-refractivity contribution in [1.82, 2.24) is 10.2 Å². The zero-order valence-corrected chi connectivity index (χ0v) is 11.2. The third-order valence-electron chi connectivity index (χ3n) is 3.41. The van der Waals surface area contributed by atoms with Crippen LogP contribution in [0.4, 0.5) is 0 Å². The van der Waals surface area contributed by atoms with Gasteiger partial charge in [-0.15, -0.1) is 0 Å². The molecule has 1 aliphatic heterocycles. The van der Waals surface area contributed by atoms with E-state index in [-0.39, 0.29) is 31.5 Å². The summed E-state index contributed by atoms with van der Waals surface area (Å²) in [5.41, 5.74) is 0.419. The van der Waals surface area contributed by atoms with Crippen LogP contribution in [-0.2, 0) is 9.59 Å². The van der Waals surface area contributed by atoms with E-state index in [1.54, 1.807) is 30.3 Å². The molecule has 2 rings (SSSR count). The van der Waals surface area contributed by atoms with Gasteiger partial charge in [0.25, 0.3) is 5.91 Å². The Labute approximate surface area is 121 Å². The lowest BCUT2D eigenvalue weighted by Crippen LogP contribution is -2.41. The molecule has 0 aromatic heterocycles. The standard InChI is InChI=1S/C14H16N2O5/c17-12(18)7-15-10-6-11(14(20)21)16(8-10)13(19)9-4-2-1-3-5-9/h1-5,10-11,15H,6-8H2,(H,17,18)(H,20,21)/t10-,11?/m1/s1. The molecular formula is C14H16N2O5. The Morgan fingerprint density at radius 2 is 1.86 bits per heavy atom. The maximum Gasteiger partial charge on any atom is 0.326 e. The molecule has 1 aromatic carbocycles. The van der Waals surface area contributed by atoms with Gasteiger partial charge in [-0.3, -0.25) is 9.59 Å². The van der Waals surface area contributed by atoms with E-state index in [4.69, 9.17) is 5.11 Å². The molecule has 1 aliphatic rings. The molecule has 1 fully saturated rings. The fourth-order valence-corrected chi connectivity index (χ4v) is 2.42. The van der Waals surface area contributed by atoms with Gasteiger partial charge >= 0.3 is 11.9 Å². The number of aliphatic carboxylic acids is 2. The molecule has 0 saturated carbocycles. The highest BCUT2D eigenvalue weighted by atomic mass is 16.4. The molecule has 2 atom stereocenters. The Morgan fingerprint density at radius 1 is 1.19 bits per heavy atom. The van der Waals surface area contributed by atoms with E-state index < -0.39 is 18.0 Å². The summed E-state index contributed by atoms with van der Waals surface area (Å²) in [6.07, 6.45) is 0.196. The van der Waals surface area contributed by atoms with Crippen LogP contribution in [0.5, 0.6) is 0 Å². The predicted octanol–water partition coefficient (Wildman–Crippen LogP) is 0.0285. The Bertz CT molecular complexity index is 546. The van der Waals surface area contributed by atoms with E-state index in [2.05, 4.69) is 5.32 Å². The third-order valence-corrected chi connectivity index (χ3v) is 3.41. The number of nitrogens with one attached hydrogen (secondary N) is 1. The van der Waals surface area contributed by atoms with Gasteiger partial charge in [0.2, 0.25) is 0 Å².